The first-order chi connectivity index (χ1) is 9.47. The van der Waals surface area contributed by atoms with Crippen LogP contribution in [0.15, 0.2) is 0 Å². The third kappa shape index (κ3) is 32.9. The van der Waals surface area contributed by atoms with Crippen LogP contribution in [0.2, 0.25) is 0 Å². The molecule has 0 unspecified atom stereocenters. The SMILES string of the molecule is CCCCCCCCCCCCN.CCOS(=O)(=O)O.O. The molecule has 0 saturated heterocycles. The predicted octanol–water partition coefficient (Wildman–Crippen LogP) is 2.87. The van der Waals surface area contributed by atoms with Crippen LogP contribution in [0, 0.1) is 0 Å². The van der Waals surface area contributed by atoms with E-state index in [1.54, 1.807) is 0 Å². The Hall–Kier alpha value is -0.210. The Kier molecular flexibility index (Phi) is 24.2. The monoisotopic (exact) mass is 329 g/mol. The molecule has 0 aliphatic rings. The van der Waals surface area contributed by atoms with E-state index in [4.69, 9.17) is 10.3 Å². The van der Waals surface area contributed by atoms with Crippen LogP contribution in [-0.4, -0.2) is 31.6 Å². The van der Waals surface area contributed by atoms with Gasteiger partial charge in [-0.1, -0.05) is 64.7 Å². The van der Waals surface area contributed by atoms with Crippen LogP contribution < -0.4 is 5.73 Å². The maximum absolute atomic E-state index is 9.56. The lowest BCUT2D eigenvalue weighted by molar-refractivity contribution is 0.283. The molecule has 0 bridgehead atoms. The van der Waals surface area contributed by atoms with Gasteiger partial charge in [0, 0.05) is 0 Å². The number of rotatable bonds is 12. The predicted molar refractivity (Wildman–Crippen MR) is 87.7 cm³/mol. The lowest BCUT2D eigenvalue weighted by Gasteiger charge is -2.00. The first-order valence-electron chi connectivity index (χ1n) is 7.79. The van der Waals surface area contributed by atoms with Crippen molar-refractivity contribution in [1.29, 1.82) is 0 Å². The van der Waals surface area contributed by atoms with Crippen molar-refractivity contribution in [2.24, 2.45) is 5.73 Å². The van der Waals surface area contributed by atoms with Crippen LogP contribution in [0.4, 0.5) is 0 Å². The van der Waals surface area contributed by atoms with E-state index in [1.807, 2.05) is 0 Å². The van der Waals surface area contributed by atoms with E-state index in [9.17, 15) is 8.42 Å². The summed E-state index contributed by atoms with van der Waals surface area (Å²) in [6.07, 6.45) is 13.9. The molecule has 132 valence electrons. The zero-order chi connectivity index (χ0) is 15.7. The molecule has 0 aliphatic heterocycles. The first-order valence-corrected chi connectivity index (χ1v) is 9.16. The Morgan fingerprint density at radius 2 is 1.24 bits per heavy atom. The molecule has 21 heavy (non-hydrogen) atoms. The molecule has 0 amide bonds. The minimum Gasteiger partial charge on any atom is -0.412 e. The van der Waals surface area contributed by atoms with Crippen LogP contribution in [0.1, 0.15) is 78.1 Å². The van der Waals surface area contributed by atoms with Gasteiger partial charge in [0.25, 0.3) is 0 Å². The summed E-state index contributed by atoms with van der Waals surface area (Å²) in [5.41, 5.74) is 5.42. The molecule has 0 rings (SSSR count). The molecule has 0 radical (unpaired) electrons. The molecule has 0 atom stereocenters. The van der Waals surface area contributed by atoms with Gasteiger partial charge >= 0.3 is 10.4 Å². The van der Waals surface area contributed by atoms with Gasteiger partial charge in [-0.15, -0.1) is 0 Å². The fourth-order valence-corrected chi connectivity index (χ4v) is 2.08. The number of nitrogens with two attached hydrogens (primary N) is 1. The normalized spacial score (nSPS) is 10.5. The topological polar surface area (TPSA) is 121 Å². The Morgan fingerprint density at radius 3 is 1.48 bits per heavy atom. The van der Waals surface area contributed by atoms with Crippen LogP contribution >= 0.6 is 0 Å². The van der Waals surface area contributed by atoms with Gasteiger partial charge in [0.2, 0.25) is 0 Å². The van der Waals surface area contributed by atoms with Crippen molar-refractivity contribution in [3.05, 3.63) is 0 Å². The molecule has 0 saturated carbocycles. The highest BCUT2D eigenvalue weighted by Gasteiger charge is 1.98. The summed E-state index contributed by atoms with van der Waals surface area (Å²) in [5.74, 6) is 0. The van der Waals surface area contributed by atoms with E-state index in [0.717, 1.165) is 6.54 Å². The second-order valence-electron chi connectivity index (χ2n) is 4.80. The van der Waals surface area contributed by atoms with E-state index in [0.29, 0.717) is 0 Å². The molecular formula is C14H35NO5S. The standard InChI is InChI=1S/C12H27N.C2H6O4S.H2O/c1-2-3-4-5-6-7-8-9-10-11-12-13;1-2-6-7(3,4)5;/h2-13H2,1H3;2H2,1H3,(H,3,4,5);1H2. The zero-order valence-corrected chi connectivity index (χ0v) is 14.5. The Bertz CT molecular complexity index is 261. The maximum Gasteiger partial charge on any atom is 0.397 e. The third-order valence-corrected chi connectivity index (χ3v) is 3.36. The molecule has 0 aromatic rings. The highest BCUT2D eigenvalue weighted by Crippen LogP contribution is 2.09. The van der Waals surface area contributed by atoms with Crippen molar-refractivity contribution in [3.63, 3.8) is 0 Å². The summed E-state index contributed by atoms with van der Waals surface area (Å²) in [6, 6.07) is 0. The second-order valence-corrected chi connectivity index (χ2v) is 5.90. The molecule has 0 fully saturated rings. The van der Waals surface area contributed by atoms with Gasteiger partial charge in [0.15, 0.2) is 0 Å². The van der Waals surface area contributed by atoms with E-state index in [-0.39, 0.29) is 12.1 Å². The van der Waals surface area contributed by atoms with Gasteiger partial charge in [0.05, 0.1) is 6.61 Å². The van der Waals surface area contributed by atoms with Crippen LogP contribution in [-0.2, 0) is 14.6 Å². The van der Waals surface area contributed by atoms with Crippen LogP contribution in [0.5, 0.6) is 0 Å². The first kappa shape index (κ1) is 25.7. The number of hydrogen-bond acceptors (Lipinski definition) is 4. The largest absolute Gasteiger partial charge is 0.412 e. The highest BCUT2D eigenvalue weighted by atomic mass is 32.3. The average Bonchev–Trinajstić information content (AvgIpc) is 2.36. The van der Waals surface area contributed by atoms with E-state index in [1.165, 1.54) is 71.1 Å². The van der Waals surface area contributed by atoms with Crippen molar-refractivity contribution in [1.82, 2.24) is 0 Å². The van der Waals surface area contributed by atoms with Gasteiger partial charge in [-0.25, -0.2) is 4.18 Å². The molecule has 0 aliphatic carbocycles. The minimum absolute atomic E-state index is 0. The van der Waals surface area contributed by atoms with Crippen LogP contribution in [0.3, 0.4) is 0 Å². The number of unbranched alkanes of at least 4 members (excludes halogenated alkanes) is 9. The Labute approximate surface area is 130 Å². The quantitative estimate of drug-likeness (QED) is 0.421. The van der Waals surface area contributed by atoms with Crippen molar-refractivity contribution in [3.8, 4) is 0 Å². The molecule has 6 nitrogen and oxygen atoms in total. The van der Waals surface area contributed by atoms with Gasteiger partial charge in [-0.3, -0.25) is 4.55 Å². The van der Waals surface area contributed by atoms with Gasteiger partial charge in [-0.05, 0) is 19.9 Å². The fourth-order valence-electron chi connectivity index (χ4n) is 1.78. The molecule has 0 heterocycles. The highest BCUT2D eigenvalue weighted by molar-refractivity contribution is 7.80. The fraction of sp³-hybridized carbons (Fsp3) is 1.00. The van der Waals surface area contributed by atoms with Crippen molar-refractivity contribution < 1.29 is 22.6 Å². The van der Waals surface area contributed by atoms with E-state index >= 15 is 0 Å². The molecule has 7 heteroatoms. The number of hydrogen-bond donors (Lipinski definition) is 2. The summed E-state index contributed by atoms with van der Waals surface area (Å²) in [7, 11) is -4.17. The maximum atomic E-state index is 9.56. The summed E-state index contributed by atoms with van der Waals surface area (Å²) in [4.78, 5) is 0. The summed E-state index contributed by atoms with van der Waals surface area (Å²) in [6.45, 7) is 4.58. The molecule has 5 N–H and O–H groups in total. The lowest BCUT2D eigenvalue weighted by atomic mass is 10.1. The summed E-state index contributed by atoms with van der Waals surface area (Å²) >= 11 is 0. The van der Waals surface area contributed by atoms with Crippen molar-refractivity contribution in [2.75, 3.05) is 13.2 Å². The zero-order valence-electron chi connectivity index (χ0n) is 13.6. The second kappa shape index (κ2) is 19.8. The Morgan fingerprint density at radius 1 is 0.857 bits per heavy atom. The summed E-state index contributed by atoms with van der Waals surface area (Å²) in [5, 5.41) is 0. The van der Waals surface area contributed by atoms with Gasteiger partial charge < -0.3 is 11.2 Å². The van der Waals surface area contributed by atoms with Gasteiger partial charge in [0.1, 0.15) is 0 Å². The molecule has 0 aromatic heterocycles. The lowest BCUT2D eigenvalue weighted by Crippen LogP contribution is -2.01. The minimum atomic E-state index is -4.17. The molecule has 0 spiro atoms. The van der Waals surface area contributed by atoms with E-state index < -0.39 is 10.4 Å². The van der Waals surface area contributed by atoms with Gasteiger partial charge in [-0.2, -0.15) is 8.42 Å². The average molecular weight is 330 g/mol. The van der Waals surface area contributed by atoms with Crippen molar-refractivity contribution >= 4 is 10.4 Å². The molecule has 0 aromatic carbocycles. The van der Waals surface area contributed by atoms with E-state index in [2.05, 4.69) is 11.1 Å². The Balaban J connectivity index is -0.000000347. The van der Waals surface area contributed by atoms with Crippen LogP contribution in [0.25, 0.3) is 0 Å². The molecular weight excluding hydrogens is 294 g/mol. The van der Waals surface area contributed by atoms with Crippen molar-refractivity contribution in [2.45, 2.75) is 78.1 Å². The summed E-state index contributed by atoms with van der Waals surface area (Å²) < 4.78 is 30.7. The smallest absolute Gasteiger partial charge is 0.397 e. The third-order valence-electron chi connectivity index (χ3n) is 2.82.